The summed E-state index contributed by atoms with van der Waals surface area (Å²) in [6, 6.07) is 11.5. The summed E-state index contributed by atoms with van der Waals surface area (Å²) in [6.45, 7) is 11.1. The van der Waals surface area contributed by atoms with Gasteiger partial charge in [0.1, 0.15) is 5.58 Å². The highest BCUT2D eigenvalue weighted by atomic mass is 16.5. The number of fused-ring (bicyclic) bond motifs is 2. The molecule has 3 aromatic rings. The quantitative estimate of drug-likeness (QED) is 0.604. The third kappa shape index (κ3) is 3.57. The van der Waals surface area contributed by atoms with Crippen LogP contribution in [0, 0.1) is 13.8 Å². The Bertz CT molecular complexity index is 1220. The minimum Gasteiger partial charge on any atom is -0.450 e. The number of benzene rings is 2. The van der Waals surface area contributed by atoms with Crippen LogP contribution < -0.4 is 5.43 Å². The zero-order chi connectivity index (χ0) is 22.5. The lowest BCUT2D eigenvalue weighted by Crippen LogP contribution is -2.32. The second kappa shape index (κ2) is 7.65. The third-order valence-corrected chi connectivity index (χ3v) is 6.04. The fraction of sp³-hybridized carbons (Fsp3) is 0.385. The second-order valence-electron chi connectivity index (χ2n) is 9.39. The van der Waals surface area contributed by atoms with Crippen LogP contribution in [0.1, 0.15) is 65.2 Å². The van der Waals surface area contributed by atoms with Gasteiger partial charge < -0.3 is 14.1 Å². The van der Waals surface area contributed by atoms with Gasteiger partial charge >= 0.3 is 0 Å². The Morgan fingerprint density at radius 1 is 1.06 bits per heavy atom. The monoisotopic (exact) mass is 419 g/mol. The maximum absolute atomic E-state index is 13.7. The van der Waals surface area contributed by atoms with Crippen molar-refractivity contribution < 1.29 is 13.9 Å². The van der Waals surface area contributed by atoms with Crippen LogP contribution in [0.5, 0.6) is 0 Å². The predicted molar refractivity (Wildman–Crippen MR) is 122 cm³/mol. The zero-order valence-electron chi connectivity index (χ0n) is 19.0. The van der Waals surface area contributed by atoms with Crippen molar-refractivity contribution in [2.24, 2.45) is 0 Å². The maximum Gasteiger partial charge on any atom is 0.290 e. The highest BCUT2D eigenvalue weighted by Crippen LogP contribution is 2.39. The van der Waals surface area contributed by atoms with Crippen molar-refractivity contribution in [3.63, 3.8) is 0 Å². The molecule has 0 N–H and O–H groups in total. The summed E-state index contributed by atoms with van der Waals surface area (Å²) in [4.78, 5) is 28.7. The van der Waals surface area contributed by atoms with Gasteiger partial charge in [0.25, 0.3) is 5.91 Å². The minimum absolute atomic E-state index is 0.0157. The molecule has 0 aliphatic carbocycles. The van der Waals surface area contributed by atoms with Crippen molar-refractivity contribution >= 4 is 16.9 Å². The Kier molecular flexibility index (Phi) is 5.26. The molecule has 0 fully saturated rings. The summed E-state index contributed by atoms with van der Waals surface area (Å²) in [6.07, 6.45) is 0. The fourth-order valence-electron chi connectivity index (χ4n) is 4.45. The number of amides is 1. The lowest BCUT2D eigenvalue weighted by molar-refractivity contribution is 0.0663. The van der Waals surface area contributed by atoms with E-state index in [-0.39, 0.29) is 22.5 Å². The molecule has 1 unspecified atom stereocenters. The largest absolute Gasteiger partial charge is 0.450 e. The number of aryl methyl sites for hydroxylation is 2. The molecule has 162 valence electrons. The van der Waals surface area contributed by atoms with Crippen molar-refractivity contribution in [2.75, 3.05) is 20.3 Å². The number of ether oxygens (including phenoxy) is 1. The van der Waals surface area contributed by atoms with Crippen LogP contribution in [0.4, 0.5) is 0 Å². The van der Waals surface area contributed by atoms with Crippen LogP contribution in [-0.2, 0) is 10.2 Å². The molecule has 1 aliphatic rings. The molecule has 0 saturated carbocycles. The number of nitrogens with zero attached hydrogens (tertiary/aromatic N) is 1. The molecule has 5 heteroatoms. The molecule has 31 heavy (non-hydrogen) atoms. The van der Waals surface area contributed by atoms with Crippen molar-refractivity contribution in [2.45, 2.75) is 46.1 Å². The van der Waals surface area contributed by atoms with Gasteiger partial charge in [-0.15, -0.1) is 0 Å². The predicted octanol–water partition coefficient (Wildman–Crippen LogP) is 4.90. The van der Waals surface area contributed by atoms with Gasteiger partial charge in [-0.3, -0.25) is 9.59 Å². The van der Waals surface area contributed by atoms with Gasteiger partial charge in [-0.25, -0.2) is 0 Å². The minimum atomic E-state index is -0.493. The summed E-state index contributed by atoms with van der Waals surface area (Å²) >= 11 is 0. The van der Waals surface area contributed by atoms with E-state index in [0.29, 0.717) is 29.7 Å². The highest BCUT2D eigenvalue weighted by molar-refractivity contribution is 5.99. The number of carbonyl (C=O) groups is 1. The van der Waals surface area contributed by atoms with Crippen molar-refractivity contribution in [3.05, 3.63) is 80.2 Å². The third-order valence-electron chi connectivity index (χ3n) is 6.04. The first-order chi connectivity index (χ1) is 14.6. The van der Waals surface area contributed by atoms with Crippen LogP contribution >= 0.6 is 0 Å². The molecular weight excluding hydrogens is 390 g/mol. The lowest BCUT2D eigenvalue weighted by Gasteiger charge is -2.26. The SMILES string of the molecule is COCCN1C(=O)c2oc3cc(C)cc(C)c3c(=O)c2C1c1ccc(C(C)(C)C)cc1. The average Bonchev–Trinajstić information content (AvgIpc) is 2.97. The number of carbonyl (C=O) groups excluding carboxylic acids is 1. The molecule has 2 heterocycles. The van der Waals surface area contributed by atoms with Gasteiger partial charge in [-0.2, -0.15) is 0 Å². The molecule has 1 aliphatic heterocycles. The Labute approximate surface area is 182 Å². The Morgan fingerprint density at radius 3 is 2.35 bits per heavy atom. The van der Waals surface area contributed by atoms with Gasteiger partial charge in [0, 0.05) is 13.7 Å². The van der Waals surface area contributed by atoms with Gasteiger partial charge in [0.15, 0.2) is 5.43 Å². The van der Waals surface area contributed by atoms with E-state index in [0.717, 1.165) is 16.7 Å². The van der Waals surface area contributed by atoms with Crippen LogP contribution in [-0.4, -0.2) is 31.1 Å². The number of rotatable bonds is 4. The van der Waals surface area contributed by atoms with Crippen molar-refractivity contribution in [1.82, 2.24) is 4.90 Å². The molecule has 1 atom stereocenters. The summed E-state index contributed by atoms with van der Waals surface area (Å²) in [5.41, 5.74) is 4.71. The first-order valence-electron chi connectivity index (χ1n) is 10.6. The molecule has 2 aromatic carbocycles. The number of hydrogen-bond acceptors (Lipinski definition) is 4. The van der Waals surface area contributed by atoms with Crippen molar-refractivity contribution in [1.29, 1.82) is 0 Å². The molecule has 1 amide bonds. The van der Waals surface area contributed by atoms with Crippen molar-refractivity contribution in [3.8, 4) is 0 Å². The van der Waals surface area contributed by atoms with Crippen LogP contribution in [0.25, 0.3) is 11.0 Å². The average molecular weight is 420 g/mol. The topological polar surface area (TPSA) is 59.8 Å². The molecule has 5 nitrogen and oxygen atoms in total. The Morgan fingerprint density at radius 2 is 1.74 bits per heavy atom. The molecule has 0 saturated heterocycles. The fourth-order valence-corrected chi connectivity index (χ4v) is 4.45. The van der Waals surface area contributed by atoms with E-state index in [1.165, 1.54) is 5.56 Å². The van der Waals surface area contributed by atoms with Crippen LogP contribution in [0.2, 0.25) is 0 Å². The van der Waals surface area contributed by atoms with Gasteiger partial charge in [-0.1, -0.05) is 51.1 Å². The number of methoxy groups -OCH3 is 1. The summed E-state index contributed by atoms with van der Waals surface area (Å²) < 4.78 is 11.3. The summed E-state index contributed by atoms with van der Waals surface area (Å²) in [5, 5.41) is 0.544. The molecule has 0 spiro atoms. The maximum atomic E-state index is 13.7. The van der Waals surface area contributed by atoms with E-state index in [9.17, 15) is 9.59 Å². The van der Waals surface area contributed by atoms with Crippen LogP contribution in [0.15, 0.2) is 45.6 Å². The molecule has 0 radical (unpaired) electrons. The van der Waals surface area contributed by atoms with Gasteiger partial charge in [0.05, 0.1) is 23.6 Å². The Hall–Kier alpha value is -2.92. The first kappa shape index (κ1) is 21.3. The molecule has 1 aromatic heterocycles. The second-order valence-corrected chi connectivity index (χ2v) is 9.39. The smallest absolute Gasteiger partial charge is 0.290 e. The van der Waals surface area contributed by atoms with Crippen LogP contribution in [0.3, 0.4) is 0 Å². The molecular formula is C26H29NO4. The normalized spacial score (nSPS) is 16.3. The summed E-state index contributed by atoms with van der Waals surface area (Å²) in [5.74, 6) is -0.126. The van der Waals surface area contributed by atoms with Gasteiger partial charge in [0.2, 0.25) is 5.76 Å². The Balaban J connectivity index is 1.94. The number of hydrogen-bond donors (Lipinski definition) is 0. The van der Waals surface area contributed by atoms with E-state index >= 15 is 0 Å². The van der Waals surface area contributed by atoms with E-state index in [1.807, 2.05) is 38.1 Å². The van der Waals surface area contributed by atoms with E-state index in [4.69, 9.17) is 9.15 Å². The van der Waals surface area contributed by atoms with E-state index in [2.05, 4.69) is 32.9 Å². The van der Waals surface area contributed by atoms with E-state index in [1.54, 1.807) is 12.0 Å². The van der Waals surface area contributed by atoms with E-state index < -0.39 is 6.04 Å². The lowest BCUT2D eigenvalue weighted by atomic mass is 9.86. The first-order valence-corrected chi connectivity index (χ1v) is 10.6. The zero-order valence-corrected chi connectivity index (χ0v) is 19.0. The molecule has 4 rings (SSSR count). The standard InChI is InChI=1S/C26H29NO4/c1-15-13-16(2)20-19(14-15)31-24-21(23(20)28)22(27(25(24)29)11-12-30-6)17-7-9-18(10-8-17)26(3,4)5/h7-10,13-14,22H,11-12H2,1-6H3. The summed E-state index contributed by atoms with van der Waals surface area (Å²) in [7, 11) is 1.60. The highest BCUT2D eigenvalue weighted by Gasteiger charge is 2.42. The molecule has 0 bridgehead atoms. The van der Waals surface area contributed by atoms with Gasteiger partial charge in [-0.05, 0) is 47.6 Å².